The Morgan fingerprint density at radius 3 is 2.04 bits per heavy atom. The molecule has 0 aliphatic heterocycles. The van der Waals surface area contributed by atoms with Crippen LogP contribution in [0.3, 0.4) is 0 Å². The molecule has 0 aliphatic rings. The highest BCUT2D eigenvalue weighted by atomic mass is 32.2. The van der Waals surface area contributed by atoms with Crippen LogP contribution in [0.25, 0.3) is 0 Å². The Hall–Kier alpha value is -1.69. The van der Waals surface area contributed by atoms with Crippen LogP contribution in [-0.4, -0.2) is 33.4 Å². The summed E-state index contributed by atoms with van der Waals surface area (Å²) in [5.41, 5.74) is 2.39. The SMILES string of the molecule is C[C@H](CN[C@@H](C)c1ccc(S(=O)(=O)N(C)C)cc1)c1ccccc1. The van der Waals surface area contributed by atoms with E-state index in [2.05, 4.69) is 43.4 Å². The molecule has 2 atom stereocenters. The summed E-state index contributed by atoms with van der Waals surface area (Å²) in [7, 11) is -0.288. The van der Waals surface area contributed by atoms with Gasteiger partial charge in [0.1, 0.15) is 0 Å². The number of rotatable bonds is 7. The Kier molecular flexibility index (Phi) is 6.15. The Labute approximate surface area is 145 Å². The van der Waals surface area contributed by atoms with E-state index in [0.717, 1.165) is 12.1 Å². The van der Waals surface area contributed by atoms with Gasteiger partial charge in [-0.25, -0.2) is 12.7 Å². The van der Waals surface area contributed by atoms with Crippen molar-refractivity contribution in [3.8, 4) is 0 Å². The normalized spacial score (nSPS) is 14.5. The van der Waals surface area contributed by atoms with Crippen molar-refractivity contribution in [1.29, 1.82) is 0 Å². The molecule has 0 unspecified atom stereocenters. The zero-order valence-electron chi connectivity index (χ0n) is 14.7. The molecule has 5 heteroatoms. The van der Waals surface area contributed by atoms with E-state index in [4.69, 9.17) is 0 Å². The van der Waals surface area contributed by atoms with Crippen molar-refractivity contribution in [2.24, 2.45) is 0 Å². The Balaban J connectivity index is 1.99. The fourth-order valence-corrected chi connectivity index (χ4v) is 3.41. The van der Waals surface area contributed by atoms with Gasteiger partial charge in [0.25, 0.3) is 0 Å². The van der Waals surface area contributed by atoms with Gasteiger partial charge >= 0.3 is 0 Å². The van der Waals surface area contributed by atoms with Crippen LogP contribution in [0.1, 0.15) is 36.9 Å². The van der Waals surface area contributed by atoms with E-state index < -0.39 is 10.0 Å². The van der Waals surface area contributed by atoms with E-state index in [1.165, 1.54) is 9.87 Å². The highest BCUT2D eigenvalue weighted by Gasteiger charge is 2.17. The lowest BCUT2D eigenvalue weighted by atomic mass is 10.0. The summed E-state index contributed by atoms with van der Waals surface area (Å²) in [6.07, 6.45) is 0. The monoisotopic (exact) mass is 346 g/mol. The zero-order chi connectivity index (χ0) is 17.7. The van der Waals surface area contributed by atoms with Crippen molar-refractivity contribution in [3.63, 3.8) is 0 Å². The molecule has 0 aromatic heterocycles. The average Bonchev–Trinajstić information content (AvgIpc) is 2.60. The van der Waals surface area contributed by atoms with E-state index in [-0.39, 0.29) is 6.04 Å². The van der Waals surface area contributed by atoms with Gasteiger partial charge in [0.15, 0.2) is 0 Å². The van der Waals surface area contributed by atoms with Crippen molar-refractivity contribution in [2.45, 2.75) is 30.7 Å². The molecule has 2 aromatic carbocycles. The topological polar surface area (TPSA) is 49.4 Å². The van der Waals surface area contributed by atoms with Crippen molar-refractivity contribution in [2.75, 3.05) is 20.6 Å². The summed E-state index contributed by atoms with van der Waals surface area (Å²) in [4.78, 5) is 0.320. The van der Waals surface area contributed by atoms with Crippen LogP contribution < -0.4 is 5.32 Å². The average molecular weight is 346 g/mol. The van der Waals surface area contributed by atoms with Crippen LogP contribution in [0.4, 0.5) is 0 Å². The van der Waals surface area contributed by atoms with Crippen LogP contribution in [-0.2, 0) is 10.0 Å². The summed E-state index contributed by atoms with van der Waals surface area (Å²) in [5.74, 6) is 0.419. The molecule has 0 fully saturated rings. The van der Waals surface area contributed by atoms with Gasteiger partial charge < -0.3 is 5.32 Å². The molecule has 0 saturated heterocycles. The summed E-state index contributed by atoms with van der Waals surface area (Å²) in [6, 6.07) is 17.7. The molecule has 0 saturated carbocycles. The first kappa shape index (κ1) is 18.6. The third-order valence-electron chi connectivity index (χ3n) is 4.26. The minimum atomic E-state index is -3.37. The number of benzene rings is 2. The number of hydrogen-bond donors (Lipinski definition) is 1. The van der Waals surface area contributed by atoms with E-state index in [1.807, 2.05) is 18.2 Å². The van der Waals surface area contributed by atoms with Gasteiger partial charge in [-0.2, -0.15) is 0 Å². The van der Waals surface area contributed by atoms with Crippen LogP contribution in [0.2, 0.25) is 0 Å². The third kappa shape index (κ3) is 4.44. The maximum absolute atomic E-state index is 12.1. The third-order valence-corrected chi connectivity index (χ3v) is 6.09. The van der Waals surface area contributed by atoms with E-state index in [9.17, 15) is 8.42 Å². The number of sulfonamides is 1. The summed E-state index contributed by atoms with van der Waals surface area (Å²) in [5, 5.41) is 3.52. The van der Waals surface area contributed by atoms with Crippen LogP contribution >= 0.6 is 0 Å². The van der Waals surface area contributed by atoms with Gasteiger partial charge in [-0.05, 0) is 36.1 Å². The van der Waals surface area contributed by atoms with Crippen LogP contribution in [0.15, 0.2) is 59.5 Å². The van der Waals surface area contributed by atoms with E-state index in [0.29, 0.717) is 10.8 Å². The first-order valence-electron chi connectivity index (χ1n) is 8.13. The maximum atomic E-state index is 12.1. The highest BCUT2D eigenvalue weighted by Crippen LogP contribution is 2.19. The number of nitrogens with zero attached hydrogens (tertiary/aromatic N) is 1. The molecule has 0 aliphatic carbocycles. The molecule has 0 heterocycles. The fourth-order valence-electron chi connectivity index (χ4n) is 2.51. The largest absolute Gasteiger partial charge is 0.310 e. The quantitative estimate of drug-likeness (QED) is 0.836. The van der Waals surface area contributed by atoms with Crippen molar-refractivity contribution < 1.29 is 8.42 Å². The minimum Gasteiger partial charge on any atom is -0.310 e. The smallest absolute Gasteiger partial charge is 0.242 e. The predicted octanol–water partition coefficient (Wildman–Crippen LogP) is 3.39. The van der Waals surface area contributed by atoms with Crippen molar-refractivity contribution in [1.82, 2.24) is 9.62 Å². The second-order valence-electron chi connectivity index (χ2n) is 6.30. The first-order chi connectivity index (χ1) is 11.3. The maximum Gasteiger partial charge on any atom is 0.242 e. The van der Waals surface area contributed by atoms with Gasteiger partial charge in [0.05, 0.1) is 4.90 Å². The van der Waals surface area contributed by atoms with Gasteiger partial charge in [0, 0.05) is 26.7 Å². The molecule has 130 valence electrons. The molecule has 2 rings (SSSR count). The molecule has 0 amide bonds. The lowest BCUT2D eigenvalue weighted by Crippen LogP contribution is -2.24. The second-order valence-corrected chi connectivity index (χ2v) is 8.45. The summed E-state index contributed by atoms with van der Waals surface area (Å²) in [6.45, 7) is 5.15. The van der Waals surface area contributed by atoms with Gasteiger partial charge in [-0.1, -0.05) is 49.4 Å². The molecule has 2 aromatic rings. The van der Waals surface area contributed by atoms with Crippen molar-refractivity contribution in [3.05, 3.63) is 65.7 Å². The summed E-state index contributed by atoms with van der Waals surface area (Å²) < 4.78 is 25.4. The molecular weight excluding hydrogens is 320 g/mol. The molecule has 24 heavy (non-hydrogen) atoms. The Morgan fingerprint density at radius 2 is 1.50 bits per heavy atom. The number of hydrogen-bond acceptors (Lipinski definition) is 3. The molecular formula is C19H26N2O2S. The predicted molar refractivity (Wildman–Crippen MR) is 98.6 cm³/mol. The number of nitrogens with one attached hydrogen (secondary N) is 1. The standard InChI is InChI=1S/C19H26N2O2S/c1-15(17-8-6-5-7-9-17)14-20-16(2)18-10-12-19(13-11-18)24(22,23)21(3)4/h5-13,15-16,20H,14H2,1-4H3/t15-,16+/m1/s1. The fraction of sp³-hybridized carbons (Fsp3) is 0.368. The Morgan fingerprint density at radius 1 is 0.917 bits per heavy atom. The zero-order valence-corrected chi connectivity index (χ0v) is 15.5. The molecule has 0 bridgehead atoms. The molecule has 0 radical (unpaired) electrons. The molecule has 4 nitrogen and oxygen atoms in total. The Bertz CT molecular complexity index is 741. The van der Waals surface area contributed by atoms with Gasteiger partial charge in [-0.15, -0.1) is 0 Å². The van der Waals surface area contributed by atoms with Crippen LogP contribution in [0, 0.1) is 0 Å². The highest BCUT2D eigenvalue weighted by molar-refractivity contribution is 7.89. The first-order valence-corrected chi connectivity index (χ1v) is 9.57. The minimum absolute atomic E-state index is 0.160. The van der Waals surface area contributed by atoms with E-state index in [1.54, 1.807) is 26.2 Å². The van der Waals surface area contributed by atoms with Gasteiger partial charge in [-0.3, -0.25) is 0 Å². The van der Waals surface area contributed by atoms with E-state index >= 15 is 0 Å². The lowest BCUT2D eigenvalue weighted by molar-refractivity contribution is 0.520. The molecule has 0 spiro atoms. The van der Waals surface area contributed by atoms with Crippen molar-refractivity contribution >= 4 is 10.0 Å². The van der Waals surface area contributed by atoms with Gasteiger partial charge in [0.2, 0.25) is 10.0 Å². The lowest BCUT2D eigenvalue weighted by Gasteiger charge is -2.19. The second kappa shape index (κ2) is 7.92. The summed E-state index contributed by atoms with van der Waals surface area (Å²) >= 11 is 0. The molecule has 1 N–H and O–H groups in total. The van der Waals surface area contributed by atoms with Crippen LogP contribution in [0.5, 0.6) is 0 Å².